The molecule has 0 bridgehead atoms. The van der Waals surface area contributed by atoms with Crippen LogP contribution in [0.4, 0.5) is 0 Å². The summed E-state index contributed by atoms with van der Waals surface area (Å²) in [5, 5.41) is 4.48. The van der Waals surface area contributed by atoms with Gasteiger partial charge in [-0.3, -0.25) is 0 Å². The van der Waals surface area contributed by atoms with E-state index < -0.39 is 5.97 Å². The molecule has 0 aromatic carbocycles. The monoisotopic (exact) mass is 253 g/mol. The summed E-state index contributed by atoms with van der Waals surface area (Å²) < 4.78 is 6.34. The van der Waals surface area contributed by atoms with Gasteiger partial charge in [0.2, 0.25) is 0 Å². The number of carbonyl (C=O) groups is 1. The average molecular weight is 254 g/mol. The molecule has 2 aromatic rings. The summed E-state index contributed by atoms with van der Waals surface area (Å²) in [4.78, 5) is 15.8. The third-order valence-corrected chi connectivity index (χ3v) is 2.98. The van der Waals surface area contributed by atoms with Gasteiger partial charge in [-0.15, -0.1) is 0 Å². The quantitative estimate of drug-likeness (QED) is 0.770. The van der Waals surface area contributed by atoms with Crippen molar-refractivity contribution >= 4 is 23.2 Å². The zero-order valence-electron chi connectivity index (χ0n) is 9.82. The fourth-order valence-electron chi connectivity index (χ4n) is 1.53. The van der Waals surface area contributed by atoms with Gasteiger partial charge in [0, 0.05) is 0 Å². The molecular formula is C11H12ClN3O2. The Morgan fingerprint density at radius 1 is 1.47 bits per heavy atom. The molecule has 0 fully saturated rings. The lowest BCUT2D eigenvalue weighted by Gasteiger charge is -2.05. The summed E-state index contributed by atoms with van der Waals surface area (Å²) in [7, 11) is 0. The van der Waals surface area contributed by atoms with Gasteiger partial charge in [0.15, 0.2) is 16.5 Å². The molecule has 2 rings (SSSR count). The van der Waals surface area contributed by atoms with E-state index in [1.807, 2.05) is 13.8 Å². The summed E-state index contributed by atoms with van der Waals surface area (Å²) in [5.74, 6) is -0.452. The molecule has 2 aromatic heterocycles. The number of hydrogen-bond donors (Lipinski definition) is 0. The van der Waals surface area contributed by atoms with Crippen LogP contribution in [0.1, 0.15) is 28.5 Å². The minimum atomic E-state index is -0.452. The molecule has 90 valence electrons. The molecule has 6 heteroatoms. The Bertz CT molecular complexity index is 592. The summed E-state index contributed by atoms with van der Waals surface area (Å²) in [6, 6.07) is 0. The van der Waals surface area contributed by atoms with Crippen LogP contribution >= 0.6 is 11.6 Å². The first-order chi connectivity index (χ1) is 8.06. The highest BCUT2D eigenvalue weighted by Gasteiger charge is 2.17. The highest BCUT2D eigenvalue weighted by atomic mass is 35.5. The molecule has 5 nitrogen and oxygen atoms in total. The molecule has 0 N–H and O–H groups in total. The van der Waals surface area contributed by atoms with Crippen LogP contribution in [0, 0.1) is 13.8 Å². The minimum Gasteiger partial charge on any atom is -0.461 e. The van der Waals surface area contributed by atoms with Crippen molar-refractivity contribution in [2.75, 3.05) is 6.61 Å². The molecule has 0 atom stereocenters. The van der Waals surface area contributed by atoms with E-state index in [4.69, 9.17) is 16.3 Å². The van der Waals surface area contributed by atoms with E-state index in [1.165, 1.54) is 10.7 Å². The maximum atomic E-state index is 11.7. The van der Waals surface area contributed by atoms with Crippen LogP contribution in [0.2, 0.25) is 5.15 Å². The normalized spacial score (nSPS) is 10.8. The number of imidazole rings is 1. The molecule has 0 unspecified atom stereocenters. The molecule has 0 aliphatic carbocycles. The number of halogens is 1. The van der Waals surface area contributed by atoms with Gasteiger partial charge < -0.3 is 4.74 Å². The van der Waals surface area contributed by atoms with Gasteiger partial charge in [0.1, 0.15) is 0 Å². The lowest BCUT2D eigenvalue weighted by Crippen LogP contribution is -2.10. The number of ether oxygens (including phenoxy) is 1. The molecule has 17 heavy (non-hydrogen) atoms. The highest BCUT2D eigenvalue weighted by molar-refractivity contribution is 6.30. The van der Waals surface area contributed by atoms with Crippen molar-refractivity contribution in [3.8, 4) is 0 Å². The van der Waals surface area contributed by atoms with E-state index in [1.54, 1.807) is 6.92 Å². The van der Waals surface area contributed by atoms with Crippen molar-refractivity contribution in [1.82, 2.24) is 14.6 Å². The number of rotatable bonds is 2. The van der Waals surface area contributed by atoms with Gasteiger partial charge in [-0.1, -0.05) is 11.6 Å². The van der Waals surface area contributed by atoms with Crippen molar-refractivity contribution in [2.45, 2.75) is 20.8 Å². The van der Waals surface area contributed by atoms with Crippen molar-refractivity contribution in [2.24, 2.45) is 0 Å². The highest BCUT2D eigenvalue weighted by Crippen LogP contribution is 2.20. The van der Waals surface area contributed by atoms with Crippen molar-refractivity contribution in [3.05, 3.63) is 28.2 Å². The number of aromatic nitrogens is 3. The summed E-state index contributed by atoms with van der Waals surface area (Å²) >= 11 is 5.99. The maximum Gasteiger partial charge on any atom is 0.358 e. The first-order valence-electron chi connectivity index (χ1n) is 5.23. The van der Waals surface area contributed by atoms with Crippen LogP contribution in [0.5, 0.6) is 0 Å². The molecule has 0 saturated carbocycles. The number of esters is 1. The molecule has 0 radical (unpaired) electrons. The minimum absolute atomic E-state index is 0.284. The van der Waals surface area contributed by atoms with Gasteiger partial charge in [0.25, 0.3) is 0 Å². The number of aryl methyl sites for hydroxylation is 1. The van der Waals surface area contributed by atoms with Gasteiger partial charge in [-0.05, 0) is 31.9 Å². The Morgan fingerprint density at radius 2 is 2.18 bits per heavy atom. The molecule has 0 aliphatic heterocycles. The number of hydrogen-bond acceptors (Lipinski definition) is 4. The van der Waals surface area contributed by atoms with Crippen LogP contribution in [0.15, 0.2) is 6.20 Å². The first-order valence-corrected chi connectivity index (χ1v) is 5.61. The average Bonchev–Trinajstić information content (AvgIpc) is 2.70. The number of nitrogens with zero attached hydrogens (tertiary/aromatic N) is 3. The van der Waals surface area contributed by atoms with E-state index in [-0.39, 0.29) is 5.69 Å². The van der Waals surface area contributed by atoms with E-state index in [9.17, 15) is 4.79 Å². The smallest absolute Gasteiger partial charge is 0.358 e. The second-order valence-corrected chi connectivity index (χ2v) is 4.00. The fourth-order valence-corrected chi connectivity index (χ4v) is 1.75. The summed E-state index contributed by atoms with van der Waals surface area (Å²) in [5.41, 5.74) is 2.67. The van der Waals surface area contributed by atoms with E-state index in [0.717, 1.165) is 11.1 Å². The Labute approximate surface area is 103 Å². The standard InChI is InChI=1S/C11H12ClN3O2/c1-4-17-11(16)8-5-13-10-7(3)6(2)9(12)14-15(8)10/h5H,4H2,1-3H3. The van der Waals surface area contributed by atoms with Crippen molar-refractivity contribution < 1.29 is 9.53 Å². The summed E-state index contributed by atoms with van der Waals surface area (Å²) in [6.07, 6.45) is 1.45. The number of fused-ring (bicyclic) bond motifs is 1. The topological polar surface area (TPSA) is 56.5 Å². The third-order valence-electron chi connectivity index (χ3n) is 2.62. The first kappa shape index (κ1) is 11.9. The van der Waals surface area contributed by atoms with Crippen LogP contribution in [0.3, 0.4) is 0 Å². The van der Waals surface area contributed by atoms with Crippen molar-refractivity contribution in [3.63, 3.8) is 0 Å². The molecule has 0 saturated heterocycles. The van der Waals surface area contributed by atoms with Gasteiger partial charge >= 0.3 is 5.97 Å². The van der Waals surface area contributed by atoms with E-state index >= 15 is 0 Å². The Kier molecular flexibility index (Phi) is 3.02. The fraction of sp³-hybridized carbons (Fsp3) is 0.364. The lowest BCUT2D eigenvalue weighted by atomic mass is 10.2. The Balaban J connectivity index is 2.65. The van der Waals surface area contributed by atoms with Crippen LogP contribution in [-0.4, -0.2) is 27.2 Å². The zero-order valence-corrected chi connectivity index (χ0v) is 10.6. The molecule has 2 heterocycles. The summed E-state index contributed by atoms with van der Waals surface area (Å²) in [6.45, 7) is 5.81. The van der Waals surface area contributed by atoms with Gasteiger partial charge in [-0.2, -0.15) is 5.10 Å². The Morgan fingerprint density at radius 3 is 2.82 bits per heavy atom. The second-order valence-electron chi connectivity index (χ2n) is 3.64. The van der Waals surface area contributed by atoms with Gasteiger partial charge in [0.05, 0.1) is 12.8 Å². The Hall–Kier alpha value is -1.62. The largest absolute Gasteiger partial charge is 0.461 e. The SMILES string of the molecule is CCOC(=O)c1cnc2c(C)c(C)c(Cl)nn12. The van der Waals surface area contributed by atoms with Crippen molar-refractivity contribution in [1.29, 1.82) is 0 Å². The molecule has 0 spiro atoms. The second kappa shape index (κ2) is 4.33. The van der Waals surface area contributed by atoms with Gasteiger partial charge in [-0.25, -0.2) is 14.3 Å². The maximum absolute atomic E-state index is 11.7. The van der Waals surface area contributed by atoms with Crippen LogP contribution < -0.4 is 0 Å². The van der Waals surface area contributed by atoms with Crippen LogP contribution in [0.25, 0.3) is 5.65 Å². The van der Waals surface area contributed by atoms with E-state index in [2.05, 4.69) is 10.1 Å². The van der Waals surface area contributed by atoms with E-state index in [0.29, 0.717) is 17.4 Å². The van der Waals surface area contributed by atoms with Crippen LogP contribution in [-0.2, 0) is 4.74 Å². The lowest BCUT2D eigenvalue weighted by molar-refractivity contribution is 0.0516. The predicted octanol–water partition coefficient (Wildman–Crippen LogP) is 2.18. The molecular weight excluding hydrogens is 242 g/mol. The predicted molar refractivity (Wildman–Crippen MR) is 63.4 cm³/mol. The zero-order chi connectivity index (χ0) is 12.6. The molecule has 0 amide bonds. The third kappa shape index (κ3) is 1.86. The molecule has 0 aliphatic rings. The number of carbonyl (C=O) groups excluding carboxylic acids is 1.